The Morgan fingerprint density at radius 3 is 1.26 bits per heavy atom. The van der Waals surface area contributed by atoms with E-state index in [-0.39, 0.29) is 0 Å². The highest BCUT2D eigenvalue weighted by Crippen LogP contribution is 2.48. The Bertz CT molecular complexity index is 829. The van der Waals surface area contributed by atoms with Crippen molar-refractivity contribution in [3.05, 3.63) is 102 Å². The fourth-order valence-electron chi connectivity index (χ4n) is 5.64. The van der Waals surface area contributed by atoms with Gasteiger partial charge in [0.15, 0.2) is 8.07 Å². The molecule has 0 unspecified atom stereocenters. The molecular weight excluding hydrogens is 340 g/mol. The molecule has 2 aliphatic carbocycles. The Kier molecular flexibility index (Phi) is 4.33. The van der Waals surface area contributed by atoms with Crippen molar-refractivity contribution in [3.63, 3.8) is 0 Å². The molecule has 134 valence electrons. The van der Waals surface area contributed by atoms with Gasteiger partial charge in [-0.05, 0) is 53.2 Å². The second kappa shape index (κ2) is 6.98. The molecule has 3 aromatic rings. The Labute approximate surface area is 163 Å². The van der Waals surface area contributed by atoms with Crippen molar-refractivity contribution < 1.29 is 0 Å². The van der Waals surface area contributed by atoms with E-state index in [1.165, 1.54) is 32.1 Å². The van der Waals surface area contributed by atoms with Gasteiger partial charge in [-0.3, -0.25) is 0 Å². The molecule has 0 N–H and O–H groups in total. The van der Waals surface area contributed by atoms with E-state index in [4.69, 9.17) is 0 Å². The minimum atomic E-state index is -2.10. The summed E-state index contributed by atoms with van der Waals surface area (Å²) in [4.78, 5) is 0. The predicted octanol–water partition coefficient (Wildman–Crippen LogP) is 4.80. The number of hydrogen-bond donors (Lipinski definition) is 0. The average molecular weight is 367 g/mol. The lowest BCUT2D eigenvalue weighted by Crippen LogP contribution is -2.69. The minimum Gasteiger partial charge on any atom is -0.0710 e. The summed E-state index contributed by atoms with van der Waals surface area (Å²) in [6.07, 6.45) is 6.68. The van der Waals surface area contributed by atoms with E-state index < -0.39 is 8.07 Å². The summed E-state index contributed by atoms with van der Waals surface area (Å²) in [5.41, 5.74) is 4.31. The molecule has 0 aliphatic heterocycles. The first-order valence-electron chi connectivity index (χ1n) is 10.3. The van der Waals surface area contributed by atoms with Crippen molar-refractivity contribution in [2.75, 3.05) is 0 Å². The van der Waals surface area contributed by atoms with Crippen LogP contribution in [0.25, 0.3) is 0 Å². The molecule has 0 nitrogen and oxygen atoms in total. The summed E-state index contributed by atoms with van der Waals surface area (Å²) in [6.45, 7) is 0. The van der Waals surface area contributed by atoms with E-state index in [1.807, 2.05) is 0 Å². The maximum absolute atomic E-state index is 2.40. The van der Waals surface area contributed by atoms with Crippen LogP contribution in [0.5, 0.6) is 0 Å². The second-order valence-electron chi connectivity index (χ2n) is 8.07. The van der Waals surface area contributed by atoms with Crippen LogP contribution in [0.15, 0.2) is 102 Å². The van der Waals surface area contributed by atoms with Crippen molar-refractivity contribution in [3.8, 4) is 0 Å². The number of hydrogen-bond acceptors (Lipinski definition) is 0. The zero-order valence-electron chi connectivity index (χ0n) is 15.8. The molecule has 5 rings (SSSR count). The van der Waals surface area contributed by atoms with E-state index >= 15 is 0 Å². The van der Waals surface area contributed by atoms with E-state index in [1.54, 1.807) is 26.7 Å². The van der Waals surface area contributed by atoms with E-state index in [9.17, 15) is 0 Å². The Hall–Kier alpha value is -2.38. The Balaban J connectivity index is 1.75. The number of benzene rings is 3. The monoisotopic (exact) mass is 366 g/mol. The average Bonchev–Trinajstić information content (AvgIpc) is 3.34. The van der Waals surface area contributed by atoms with Gasteiger partial charge in [0.2, 0.25) is 0 Å². The fraction of sp³-hybridized carbons (Fsp3) is 0.231. The van der Waals surface area contributed by atoms with Gasteiger partial charge in [-0.2, -0.15) is 0 Å². The molecule has 2 aliphatic rings. The first kappa shape index (κ1) is 16.8. The van der Waals surface area contributed by atoms with E-state index in [0.717, 1.165) is 5.54 Å². The van der Waals surface area contributed by atoms with Crippen molar-refractivity contribution in [1.82, 2.24) is 0 Å². The van der Waals surface area contributed by atoms with Crippen LogP contribution in [0.3, 0.4) is 0 Å². The van der Waals surface area contributed by atoms with Crippen LogP contribution in [-0.2, 0) is 0 Å². The summed E-state index contributed by atoms with van der Waals surface area (Å²) in [5.74, 6) is 0. The molecule has 0 aromatic heterocycles. The van der Waals surface area contributed by atoms with Gasteiger partial charge >= 0.3 is 0 Å². The highest BCUT2D eigenvalue weighted by atomic mass is 28.3. The van der Waals surface area contributed by atoms with Gasteiger partial charge < -0.3 is 0 Å². The highest BCUT2D eigenvalue weighted by Gasteiger charge is 2.48. The van der Waals surface area contributed by atoms with Gasteiger partial charge in [-0.15, -0.1) is 0 Å². The first-order chi connectivity index (χ1) is 13.4. The predicted molar refractivity (Wildman–Crippen MR) is 118 cm³/mol. The maximum atomic E-state index is 2.40. The molecule has 0 amide bonds. The SMILES string of the molecule is c1ccc([Si](c2ccccc2)(c2ccccc2)C2CC3=C(CCC3)C2)cc1. The number of allylic oxidation sites excluding steroid dienone is 2. The van der Waals surface area contributed by atoms with E-state index in [2.05, 4.69) is 91.0 Å². The molecule has 0 atom stereocenters. The van der Waals surface area contributed by atoms with Gasteiger partial charge in [0, 0.05) is 0 Å². The molecule has 0 fully saturated rings. The zero-order valence-corrected chi connectivity index (χ0v) is 16.8. The number of rotatable bonds is 4. The molecule has 0 heterocycles. The Morgan fingerprint density at radius 1 is 0.519 bits per heavy atom. The lowest BCUT2D eigenvalue weighted by Gasteiger charge is -2.39. The van der Waals surface area contributed by atoms with Crippen molar-refractivity contribution in [1.29, 1.82) is 0 Å². The molecule has 0 saturated heterocycles. The van der Waals surface area contributed by atoms with Gasteiger partial charge in [0.25, 0.3) is 0 Å². The maximum Gasteiger partial charge on any atom is 0.151 e. The molecule has 0 radical (unpaired) electrons. The molecule has 0 spiro atoms. The second-order valence-corrected chi connectivity index (χ2v) is 12.2. The first-order valence-corrected chi connectivity index (χ1v) is 12.3. The van der Waals surface area contributed by atoms with Crippen LogP contribution in [0.1, 0.15) is 32.1 Å². The highest BCUT2D eigenvalue weighted by molar-refractivity contribution is 7.12. The summed E-state index contributed by atoms with van der Waals surface area (Å²) < 4.78 is 0. The molecule has 27 heavy (non-hydrogen) atoms. The van der Waals surface area contributed by atoms with Gasteiger partial charge in [-0.1, -0.05) is 102 Å². The lowest BCUT2D eigenvalue weighted by atomic mass is 10.1. The van der Waals surface area contributed by atoms with Gasteiger partial charge in [0.05, 0.1) is 0 Å². The molecule has 0 saturated carbocycles. The van der Waals surface area contributed by atoms with Crippen LogP contribution >= 0.6 is 0 Å². The lowest BCUT2D eigenvalue weighted by molar-refractivity contribution is 0.757. The summed E-state index contributed by atoms with van der Waals surface area (Å²) in [5, 5.41) is 4.69. The quantitative estimate of drug-likeness (QED) is 0.353. The van der Waals surface area contributed by atoms with Crippen molar-refractivity contribution in [2.24, 2.45) is 0 Å². The summed E-state index contributed by atoms with van der Waals surface area (Å²) in [6, 6.07) is 34.3. The van der Waals surface area contributed by atoms with Crippen LogP contribution in [-0.4, -0.2) is 8.07 Å². The van der Waals surface area contributed by atoms with Gasteiger partial charge in [-0.25, -0.2) is 0 Å². The van der Waals surface area contributed by atoms with Crippen LogP contribution in [0, 0.1) is 0 Å². The van der Waals surface area contributed by atoms with Crippen LogP contribution in [0.4, 0.5) is 0 Å². The third kappa shape index (κ3) is 2.73. The fourth-order valence-corrected chi connectivity index (χ4v) is 11.3. The van der Waals surface area contributed by atoms with Crippen molar-refractivity contribution in [2.45, 2.75) is 37.6 Å². The molecular formula is C26H26Si. The zero-order chi connectivity index (χ0) is 18.1. The largest absolute Gasteiger partial charge is 0.151 e. The van der Waals surface area contributed by atoms with Crippen molar-refractivity contribution >= 4 is 23.6 Å². The summed E-state index contributed by atoms with van der Waals surface area (Å²) in [7, 11) is -2.10. The molecule has 1 heteroatoms. The van der Waals surface area contributed by atoms with Gasteiger partial charge in [0.1, 0.15) is 0 Å². The van der Waals surface area contributed by atoms with Crippen LogP contribution in [0.2, 0.25) is 5.54 Å². The topological polar surface area (TPSA) is 0 Å². The Morgan fingerprint density at radius 2 is 0.889 bits per heavy atom. The minimum absolute atomic E-state index is 0.731. The summed E-state index contributed by atoms with van der Waals surface area (Å²) >= 11 is 0. The third-order valence-electron chi connectivity index (χ3n) is 6.74. The normalized spacial score (nSPS) is 17.3. The smallest absolute Gasteiger partial charge is 0.0710 e. The molecule has 0 bridgehead atoms. The standard InChI is InChI=1S/C26H26Si/c1-4-13-23(14-5-1)27(24-15-6-2-7-16-24,25-17-8-3-9-18-25)26-19-21-11-10-12-22(21)20-26/h1-9,13-18,26H,10-12,19-20H2. The third-order valence-corrected chi connectivity index (χ3v) is 12.1. The van der Waals surface area contributed by atoms with E-state index in [0.29, 0.717) is 0 Å². The molecule has 3 aromatic carbocycles. The van der Waals surface area contributed by atoms with Crippen LogP contribution < -0.4 is 15.6 Å².